The second-order valence-electron chi connectivity index (χ2n) is 3.90. The Balaban J connectivity index is 2.00. The molecule has 0 unspecified atom stereocenters. The summed E-state index contributed by atoms with van der Waals surface area (Å²) in [4.78, 5) is 0. The average molecular weight is 232 g/mol. The first-order chi connectivity index (χ1) is 7.49. The fourth-order valence-electron chi connectivity index (χ4n) is 1.77. The number of benzene rings is 1. The van der Waals surface area contributed by atoms with Crippen molar-refractivity contribution in [2.24, 2.45) is 5.92 Å². The Morgan fingerprint density at radius 2 is 1.88 bits per heavy atom. The van der Waals surface area contributed by atoms with Gasteiger partial charge in [-0.15, -0.1) is 13.2 Å². The van der Waals surface area contributed by atoms with Crippen LogP contribution in [-0.4, -0.2) is 18.1 Å². The summed E-state index contributed by atoms with van der Waals surface area (Å²) in [6.07, 6.45) is -3.75. The van der Waals surface area contributed by atoms with Gasteiger partial charge in [-0.05, 0) is 36.0 Å². The third kappa shape index (κ3) is 2.66. The number of ether oxygens (including phenoxy) is 1. The summed E-state index contributed by atoms with van der Waals surface area (Å²) >= 11 is 0. The summed E-state index contributed by atoms with van der Waals surface area (Å²) in [5, 5.41) is 8.87. The zero-order chi connectivity index (χ0) is 11.8. The van der Waals surface area contributed by atoms with Gasteiger partial charge in [0.05, 0.1) is 0 Å². The van der Waals surface area contributed by atoms with E-state index in [4.69, 9.17) is 5.11 Å². The molecule has 16 heavy (non-hydrogen) atoms. The molecule has 0 bridgehead atoms. The lowest BCUT2D eigenvalue weighted by Crippen LogP contribution is -2.17. The van der Waals surface area contributed by atoms with Crippen LogP contribution in [0.15, 0.2) is 24.3 Å². The first kappa shape index (κ1) is 11.3. The van der Waals surface area contributed by atoms with Gasteiger partial charge in [-0.25, -0.2) is 0 Å². The molecule has 0 aromatic heterocycles. The minimum absolute atomic E-state index is 0.130. The number of hydrogen-bond acceptors (Lipinski definition) is 2. The SMILES string of the molecule is OC[C@@H]1C[C@H]1c1ccc(OC(F)(F)F)cc1. The van der Waals surface area contributed by atoms with Crippen LogP contribution < -0.4 is 4.74 Å². The topological polar surface area (TPSA) is 29.5 Å². The Hall–Kier alpha value is -1.23. The minimum atomic E-state index is -4.64. The van der Waals surface area contributed by atoms with E-state index in [-0.39, 0.29) is 24.2 Å². The number of aliphatic hydroxyl groups is 1. The van der Waals surface area contributed by atoms with Crippen molar-refractivity contribution in [2.45, 2.75) is 18.7 Å². The maximum Gasteiger partial charge on any atom is 0.573 e. The molecule has 5 heteroatoms. The smallest absolute Gasteiger partial charge is 0.406 e. The summed E-state index contributed by atoms with van der Waals surface area (Å²) in [5.74, 6) is 0.330. The molecule has 1 saturated carbocycles. The normalized spacial score (nSPS) is 24.2. The predicted molar refractivity (Wildman–Crippen MR) is 51.1 cm³/mol. The van der Waals surface area contributed by atoms with Crippen molar-refractivity contribution in [3.8, 4) is 5.75 Å². The van der Waals surface area contributed by atoms with Crippen molar-refractivity contribution in [1.29, 1.82) is 0 Å². The molecule has 1 fully saturated rings. The van der Waals surface area contributed by atoms with Gasteiger partial charge in [-0.3, -0.25) is 0 Å². The van der Waals surface area contributed by atoms with Crippen LogP contribution >= 0.6 is 0 Å². The zero-order valence-corrected chi connectivity index (χ0v) is 8.37. The van der Waals surface area contributed by atoms with Gasteiger partial charge in [0.25, 0.3) is 0 Å². The maximum absolute atomic E-state index is 11.9. The molecule has 1 aromatic rings. The Morgan fingerprint density at radius 3 is 2.31 bits per heavy atom. The highest BCUT2D eigenvalue weighted by Crippen LogP contribution is 2.47. The van der Waals surface area contributed by atoms with Gasteiger partial charge in [0.2, 0.25) is 0 Å². The second-order valence-corrected chi connectivity index (χ2v) is 3.90. The van der Waals surface area contributed by atoms with Crippen LogP contribution in [0.2, 0.25) is 0 Å². The van der Waals surface area contributed by atoms with E-state index in [9.17, 15) is 13.2 Å². The van der Waals surface area contributed by atoms with E-state index in [0.29, 0.717) is 0 Å². The quantitative estimate of drug-likeness (QED) is 0.868. The number of hydrogen-bond donors (Lipinski definition) is 1. The van der Waals surface area contributed by atoms with Crippen molar-refractivity contribution in [3.63, 3.8) is 0 Å². The fourth-order valence-corrected chi connectivity index (χ4v) is 1.77. The molecule has 88 valence electrons. The maximum atomic E-state index is 11.9. The lowest BCUT2D eigenvalue weighted by atomic mass is 10.1. The molecular formula is C11H11F3O2. The summed E-state index contributed by atoms with van der Waals surface area (Å²) in [6, 6.07) is 5.83. The van der Waals surface area contributed by atoms with E-state index < -0.39 is 6.36 Å². The molecule has 1 aromatic carbocycles. The van der Waals surface area contributed by atoms with E-state index in [1.165, 1.54) is 12.1 Å². The third-order valence-corrected chi connectivity index (χ3v) is 2.70. The van der Waals surface area contributed by atoms with Crippen molar-refractivity contribution in [3.05, 3.63) is 29.8 Å². The molecule has 0 aliphatic heterocycles. The standard InChI is InChI=1S/C11H11F3O2/c12-11(13,14)16-9-3-1-7(2-4-9)10-5-8(10)6-15/h1-4,8,10,15H,5-6H2/t8-,10-/m0/s1. The van der Waals surface area contributed by atoms with E-state index in [2.05, 4.69) is 4.74 Å². The van der Waals surface area contributed by atoms with Crippen LogP contribution in [0.3, 0.4) is 0 Å². The highest BCUT2D eigenvalue weighted by Gasteiger charge is 2.37. The van der Waals surface area contributed by atoms with Crippen LogP contribution in [-0.2, 0) is 0 Å². The Morgan fingerprint density at radius 1 is 1.25 bits per heavy atom. The van der Waals surface area contributed by atoms with Gasteiger partial charge in [-0.1, -0.05) is 12.1 Å². The van der Waals surface area contributed by atoms with Crippen LogP contribution in [0.4, 0.5) is 13.2 Å². The molecule has 1 aliphatic carbocycles. The number of halogens is 3. The lowest BCUT2D eigenvalue weighted by molar-refractivity contribution is -0.274. The molecule has 0 saturated heterocycles. The lowest BCUT2D eigenvalue weighted by Gasteiger charge is -2.09. The van der Waals surface area contributed by atoms with Gasteiger partial charge in [0.15, 0.2) is 0 Å². The van der Waals surface area contributed by atoms with Gasteiger partial charge < -0.3 is 9.84 Å². The average Bonchev–Trinajstić information content (AvgIpc) is 2.95. The van der Waals surface area contributed by atoms with E-state index >= 15 is 0 Å². The summed E-state index contributed by atoms with van der Waals surface area (Å²) < 4.78 is 39.4. The molecule has 2 rings (SSSR count). The highest BCUT2D eigenvalue weighted by molar-refractivity contribution is 5.32. The third-order valence-electron chi connectivity index (χ3n) is 2.70. The second kappa shape index (κ2) is 3.97. The molecule has 2 atom stereocenters. The van der Waals surface area contributed by atoms with Crippen LogP contribution in [0.1, 0.15) is 17.9 Å². The van der Waals surface area contributed by atoms with E-state index in [0.717, 1.165) is 12.0 Å². The van der Waals surface area contributed by atoms with Crippen molar-refractivity contribution in [1.82, 2.24) is 0 Å². The molecule has 0 spiro atoms. The van der Waals surface area contributed by atoms with Crippen molar-refractivity contribution >= 4 is 0 Å². The molecule has 0 radical (unpaired) electrons. The fraction of sp³-hybridized carbons (Fsp3) is 0.455. The molecule has 1 aliphatic rings. The number of alkyl halides is 3. The molecule has 1 N–H and O–H groups in total. The van der Waals surface area contributed by atoms with E-state index in [1.54, 1.807) is 12.1 Å². The minimum Gasteiger partial charge on any atom is -0.406 e. The summed E-state index contributed by atoms with van der Waals surface area (Å²) in [7, 11) is 0. The number of aliphatic hydroxyl groups excluding tert-OH is 1. The van der Waals surface area contributed by atoms with Crippen molar-refractivity contribution < 1.29 is 23.0 Å². The highest BCUT2D eigenvalue weighted by atomic mass is 19.4. The molecule has 2 nitrogen and oxygen atoms in total. The molecular weight excluding hydrogens is 221 g/mol. The monoisotopic (exact) mass is 232 g/mol. The predicted octanol–water partition coefficient (Wildman–Crippen LogP) is 2.68. The van der Waals surface area contributed by atoms with Crippen LogP contribution in [0.25, 0.3) is 0 Å². The van der Waals surface area contributed by atoms with Gasteiger partial charge >= 0.3 is 6.36 Å². The largest absolute Gasteiger partial charge is 0.573 e. The van der Waals surface area contributed by atoms with Gasteiger partial charge in [0.1, 0.15) is 5.75 Å². The van der Waals surface area contributed by atoms with Gasteiger partial charge in [0, 0.05) is 6.61 Å². The Kier molecular flexibility index (Phi) is 2.80. The first-order valence-corrected chi connectivity index (χ1v) is 4.96. The van der Waals surface area contributed by atoms with Crippen molar-refractivity contribution in [2.75, 3.05) is 6.61 Å². The Labute approximate surface area is 90.7 Å². The van der Waals surface area contributed by atoms with Crippen LogP contribution in [0, 0.1) is 5.92 Å². The summed E-state index contributed by atoms with van der Waals surface area (Å²) in [6.45, 7) is 0.130. The Bertz CT molecular complexity index is 358. The summed E-state index contributed by atoms with van der Waals surface area (Å²) in [5.41, 5.74) is 0.952. The molecule has 0 heterocycles. The van der Waals surface area contributed by atoms with E-state index in [1.807, 2.05) is 0 Å². The van der Waals surface area contributed by atoms with Gasteiger partial charge in [-0.2, -0.15) is 0 Å². The zero-order valence-electron chi connectivity index (χ0n) is 8.37. The molecule has 0 amide bonds. The number of rotatable bonds is 3. The first-order valence-electron chi connectivity index (χ1n) is 4.96. The van der Waals surface area contributed by atoms with Crippen LogP contribution in [0.5, 0.6) is 5.75 Å².